The number of para-hydroxylation sites is 1. The van der Waals surface area contributed by atoms with Crippen molar-refractivity contribution in [3.8, 4) is 0 Å². The van der Waals surface area contributed by atoms with Crippen molar-refractivity contribution in [3.05, 3.63) is 36.5 Å². The number of benzene rings is 1. The standard InChI is InChI=1S/C11H9NO/c1-12-7-6-9-8-4-2-3-5-10(8)13-11(9)12/h2-7H,1H3. The molecule has 2 aromatic heterocycles. The number of rotatable bonds is 0. The highest BCUT2D eigenvalue weighted by Gasteiger charge is 2.07. The molecule has 2 heterocycles. The topological polar surface area (TPSA) is 18.1 Å². The highest BCUT2D eigenvalue weighted by atomic mass is 16.3. The van der Waals surface area contributed by atoms with Gasteiger partial charge >= 0.3 is 0 Å². The van der Waals surface area contributed by atoms with Gasteiger partial charge in [-0.1, -0.05) is 18.2 Å². The Morgan fingerprint density at radius 2 is 1.92 bits per heavy atom. The van der Waals surface area contributed by atoms with Gasteiger partial charge in [0.2, 0.25) is 5.71 Å². The lowest BCUT2D eigenvalue weighted by atomic mass is 10.2. The van der Waals surface area contributed by atoms with Gasteiger partial charge in [0, 0.05) is 24.0 Å². The Kier molecular flexibility index (Phi) is 1.13. The fourth-order valence-corrected chi connectivity index (χ4v) is 1.73. The zero-order chi connectivity index (χ0) is 8.84. The van der Waals surface area contributed by atoms with E-state index < -0.39 is 0 Å². The van der Waals surface area contributed by atoms with E-state index in [-0.39, 0.29) is 0 Å². The predicted molar refractivity (Wildman–Crippen MR) is 52.7 cm³/mol. The average Bonchev–Trinajstić information content (AvgIpc) is 2.67. The molecule has 2 heteroatoms. The summed E-state index contributed by atoms with van der Waals surface area (Å²) >= 11 is 0. The molecule has 0 aliphatic heterocycles. The van der Waals surface area contributed by atoms with Crippen LogP contribution in [0.3, 0.4) is 0 Å². The van der Waals surface area contributed by atoms with E-state index in [9.17, 15) is 0 Å². The Bertz CT molecular complexity index is 574. The minimum absolute atomic E-state index is 0.946. The van der Waals surface area contributed by atoms with Crippen LogP contribution in [0.1, 0.15) is 0 Å². The van der Waals surface area contributed by atoms with Crippen LogP contribution >= 0.6 is 0 Å². The summed E-state index contributed by atoms with van der Waals surface area (Å²) in [4.78, 5) is 0. The first-order valence-corrected chi connectivity index (χ1v) is 4.29. The van der Waals surface area contributed by atoms with E-state index in [2.05, 4.69) is 12.1 Å². The largest absolute Gasteiger partial charge is 0.440 e. The van der Waals surface area contributed by atoms with Gasteiger partial charge in [0.25, 0.3) is 0 Å². The SMILES string of the molecule is Cn1ccc2c3ccccc3oc21. The number of aromatic nitrogens is 1. The Morgan fingerprint density at radius 3 is 2.85 bits per heavy atom. The van der Waals surface area contributed by atoms with Crippen LogP contribution in [-0.4, -0.2) is 4.57 Å². The maximum atomic E-state index is 5.69. The second kappa shape index (κ2) is 2.16. The van der Waals surface area contributed by atoms with E-state index in [0.717, 1.165) is 11.3 Å². The maximum absolute atomic E-state index is 5.69. The van der Waals surface area contributed by atoms with E-state index >= 15 is 0 Å². The Labute approximate surface area is 75.4 Å². The number of hydrogen-bond acceptors (Lipinski definition) is 1. The van der Waals surface area contributed by atoms with Crippen molar-refractivity contribution in [3.63, 3.8) is 0 Å². The van der Waals surface area contributed by atoms with Crippen LogP contribution in [0.25, 0.3) is 22.1 Å². The molecule has 0 saturated carbocycles. The molecule has 0 radical (unpaired) electrons. The van der Waals surface area contributed by atoms with Gasteiger partial charge in [-0.25, -0.2) is 0 Å². The van der Waals surface area contributed by atoms with Crippen molar-refractivity contribution in [1.29, 1.82) is 0 Å². The molecular formula is C11H9NO. The highest BCUT2D eigenvalue weighted by Crippen LogP contribution is 2.28. The molecule has 0 fully saturated rings. The first-order valence-electron chi connectivity index (χ1n) is 4.29. The highest BCUT2D eigenvalue weighted by molar-refractivity contribution is 6.03. The van der Waals surface area contributed by atoms with Gasteiger partial charge in [-0.2, -0.15) is 0 Å². The summed E-state index contributed by atoms with van der Waals surface area (Å²) in [5.41, 5.74) is 1.91. The molecule has 0 atom stereocenters. The van der Waals surface area contributed by atoms with Crippen molar-refractivity contribution in [2.45, 2.75) is 0 Å². The van der Waals surface area contributed by atoms with Crippen molar-refractivity contribution in [2.24, 2.45) is 7.05 Å². The molecule has 3 rings (SSSR count). The van der Waals surface area contributed by atoms with Crippen LogP contribution in [0.5, 0.6) is 0 Å². The summed E-state index contributed by atoms with van der Waals surface area (Å²) in [6.45, 7) is 0. The molecule has 0 saturated heterocycles. The summed E-state index contributed by atoms with van der Waals surface area (Å²) in [5, 5.41) is 2.39. The third-order valence-electron chi connectivity index (χ3n) is 2.40. The minimum Gasteiger partial charge on any atom is -0.440 e. The van der Waals surface area contributed by atoms with E-state index in [4.69, 9.17) is 4.42 Å². The third-order valence-corrected chi connectivity index (χ3v) is 2.40. The quantitative estimate of drug-likeness (QED) is 0.508. The van der Waals surface area contributed by atoms with Crippen LogP contribution in [0.15, 0.2) is 40.9 Å². The second-order valence-electron chi connectivity index (χ2n) is 3.24. The normalized spacial score (nSPS) is 11.5. The minimum atomic E-state index is 0.946. The van der Waals surface area contributed by atoms with E-state index in [1.165, 1.54) is 10.8 Å². The van der Waals surface area contributed by atoms with Gasteiger partial charge in [-0.3, -0.25) is 0 Å². The lowest BCUT2D eigenvalue weighted by Gasteiger charge is -1.87. The molecular weight excluding hydrogens is 162 g/mol. The summed E-state index contributed by atoms with van der Waals surface area (Å²) in [6, 6.07) is 10.2. The molecule has 0 aliphatic rings. The third kappa shape index (κ3) is 0.773. The van der Waals surface area contributed by atoms with Gasteiger partial charge in [-0.15, -0.1) is 0 Å². The van der Waals surface area contributed by atoms with E-state index in [1.807, 2.05) is 36.0 Å². The molecule has 1 aromatic carbocycles. The van der Waals surface area contributed by atoms with Gasteiger partial charge in [-0.05, 0) is 12.1 Å². The summed E-state index contributed by atoms with van der Waals surface area (Å²) in [5.74, 6) is 0. The zero-order valence-corrected chi connectivity index (χ0v) is 7.32. The lowest BCUT2D eigenvalue weighted by molar-refractivity contribution is 0.630. The summed E-state index contributed by atoms with van der Waals surface area (Å²) in [6.07, 6.45) is 2.01. The molecule has 0 aliphatic carbocycles. The first kappa shape index (κ1) is 6.78. The van der Waals surface area contributed by atoms with Crippen molar-refractivity contribution < 1.29 is 4.42 Å². The fraction of sp³-hybridized carbons (Fsp3) is 0.0909. The molecule has 0 bridgehead atoms. The van der Waals surface area contributed by atoms with Gasteiger partial charge in [0.15, 0.2) is 0 Å². The van der Waals surface area contributed by atoms with E-state index in [1.54, 1.807) is 0 Å². The molecule has 13 heavy (non-hydrogen) atoms. The van der Waals surface area contributed by atoms with Crippen molar-refractivity contribution in [1.82, 2.24) is 4.57 Å². The molecule has 0 amide bonds. The Morgan fingerprint density at radius 1 is 1.08 bits per heavy atom. The number of hydrogen-bond donors (Lipinski definition) is 0. The van der Waals surface area contributed by atoms with Gasteiger partial charge in [0.05, 0.1) is 0 Å². The number of aryl methyl sites for hydroxylation is 1. The molecule has 0 N–H and O–H groups in total. The monoisotopic (exact) mass is 171 g/mol. The van der Waals surface area contributed by atoms with Gasteiger partial charge in [0.1, 0.15) is 5.58 Å². The number of nitrogens with zero attached hydrogens (tertiary/aromatic N) is 1. The summed E-state index contributed by atoms with van der Waals surface area (Å²) < 4.78 is 7.68. The first-order chi connectivity index (χ1) is 6.36. The molecule has 3 aromatic rings. The van der Waals surface area contributed by atoms with Crippen molar-refractivity contribution in [2.75, 3.05) is 0 Å². The number of fused-ring (bicyclic) bond motifs is 3. The van der Waals surface area contributed by atoms with Crippen molar-refractivity contribution >= 4 is 22.1 Å². The van der Waals surface area contributed by atoms with Crippen LogP contribution in [0.2, 0.25) is 0 Å². The Hall–Kier alpha value is -1.70. The number of furan rings is 1. The van der Waals surface area contributed by atoms with E-state index in [0.29, 0.717) is 0 Å². The van der Waals surface area contributed by atoms with Crippen LogP contribution in [0, 0.1) is 0 Å². The molecule has 64 valence electrons. The zero-order valence-electron chi connectivity index (χ0n) is 7.32. The van der Waals surface area contributed by atoms with Crippen LogP contribution in [0.4, 0.5) is 0 Å². The molecule has 2 nitrogen and oxygen atoms in total. The van der Waals surface area contributed by atoms with Crippen LogP contribution < -0.4 is 0 Å². The molecule has 0 unspecified atom stereocenters. The average molecular weight is 171 g/mol. The predicted octanol–water partition coefficient (Wildman–Crippen LogP) is 2.92. The van der Waals surface area contributed by atoms with Gasteiger partial charge < -0.3 is 8.98 Å². The Balaban J connectivity index is 2.64. The van der Waals surface area contributed by atoms with Crippen LogP contribution in [-0.2, 0) is 7.05 Å². The second-order valence-corrected chi connectivity index (χ2v) is 3.24. The smallest absolute Gasteiger partial charge is 0.207 e. The molecule has 0 spiro atoms. The fourth-order valence-electron chi connectivity index (χ4n) is 1.73. The maximum Gasteiger partial charge on any atom is 0.207 e. The lowest BCUT2D eigenvalue weighted by Crippen LogP contribution is -1.79. The summed E-state index contributed by atoms with van der Waals surface area (Å²) in [7, 11) is 1.99.